The third-order valence-corrected chi connectivity index (χ3v) is 4.34. The Hall–Kier alpha value is -1.83. The van der Waals surface area contributed by atoms with Crippen LogP contribution in [-0.4, -0.2) is 59.6 Å². The van der Waals surface area contributed by atoms with Crippen LogP contribution in [0.15, 0.2) is 24.3 Å². The fourth-order valence-corrected chi connectivity index (χ4v) is 2.94. The number of hydrogen-bond donors (Lipinski definition) is 1. The zero-order chi connectivity index (χ0) is 17.7. The van der Waals surface area contributed by atoms with E-state index in [1.165, 1.54) is 0 Å². The average Bonchev–Trinajstić information content (AvgIpc) is 2.78. The van der Waals surface area contributed by atoms with Crippen LogP contribution in [0.25, 0.3) is 0 Å². The second-order valence-corrected chi connectivity index (χ2v) is 7.23. The van der Waals surface area contributed by atoms with Crippen molar-refractivity contribution in [3.8, 4) is 11.8 Å². The molecule has 1 unspecified atom stereocenters. The van der Waals surface area contributed by atoms with Crippen LogP contribution in [0.5, 0.6) is 0 Å². The SMILES string of the molecule is CN(C)C1CCCN(C(=O)c2cccc(C#CC(C)(C)O)c2)CC1. The van der Waals surface area contributed by atoms with Gasteiger partial charge in [-0.05, 0) is 65.4 Å². The summed E-state index contributed by atoms with van der Waals surface area (Å²) in [4.78, 5) is 17.0. The molecule has 1 aromatic carbocycles. The largest absolute Gasteiger partial charge is 0.378 e. The summed E-state index contributed by atoms with van der Waals surface area (Å²) in [5.74, 6) is 5.80. The van der Waals surface area contributed by atoms with Crippen molar-refractivity contribution in [1.82, 2.24) is 9.80 Å². The Morgan fingerprint density at radius 3 is 2.71 bits per heavy atom. The topological polar surface area (TPSA) is 43.8 Å². The molecule has 1 aliphatic rings. The Labute approximate surface area is 145 Å². The van der Waals surface area contributed by atoms with Crippen molar-refractivity contribution in [2.75, 3.05) is 27.2 Å². The van der Waals surface area contributed by atoms with Gasteiger partial charge in [0.2, 0.25) is 0 Å². The molecule has 0 aliphatic carbocycles. The van der Waals surface area contributed by atoms with Crippen molar-refractivity contribution in [3.63, 3.8) is 0 Å². The van der Waals surface area contributed by atoms with Crippen LogP contribution in [-0.2, 0) is 0 Å². The van der Waals surface area contributed by atoms with Gasteiger partial charge < -0.3 is 14.9 Å². The number of aliphatic hydroxyl groups is 1. The van der Waals surface area contributed by atoms with E-state index >= 15 is 0 Å². The lowest BCUT2D eigenvalue weighted by Gasteiger charge is -2.23. The molecule has 1 aliphatic heterocycles. The highest BCUT2D eigenvalue weighted by atomic mass is 16.3. The average molecular weight is 328 g/mol. The number of rotatable bonds is 2. The monoisotopic (exact) mass is 328 g/mol. The van der Waals surface area contributed by atoms with Crippen molar-refractivity contribution in [1.29, 1.82) is 0 Å². The Morgan fingerprint density at radius 1 is 1.29 bits per heavy atom. The highest BCUT2D eigenvalue weighted by Crippen LogP contribution is 2.17. The maximum Gasteiger partial charge on any atom is 0.253 e. The molecule has 4 heteroatoms. The van der Waals surface area contributed by atoms with Crippen LogP contribution in [0.3, 0.4) is 0 Å². The van der Waals surface area contributed by atoms with E-state index in [4.69, 9.17) is 0 Å². The highest BCUT2D eigenvalue weighted by Gasteiger charge is 2.22. The zero-order valence-electron chi connectivity index (χ0n) is 15.2. The smallest absolute Gasteiger partial charge is 0.253 e. The molecule has 0 radical (unpaired) electrons. The second kappa shape index (κ2) is 7.83. The van der Waals surface area contributed by atoms with Crippen LogP contribution < -0.4 is 0 Å². The maximum atomic E-state index is 12.8. The lowest BCUT2D eigenvalue weighted by atomic mass is 10.1. The van der Waals surface area contributed by atoms with Crippen molar-refractivity contribution >= 4 is 5.91 Å². The number of carbonyl (C=O) groups excluding carboxylic acids is 1. The summed E-state index contributed by atoms with van der Waals surface area (Å²) in [5, 5.41) is 9.71. The summed E-state index contributed by atoms with van der Waals surface area (Å²) < 4.78 is 0. The molecule has 4 nitrogen and oxygen atoms in total. The quantitative estimate of drug-likeness (QED) is 0.848. The molecular weight excluding hydrogens is 300 g/mol. The highest BCUT2D eigenvalue weighted by molar-refractivity contribution is 5.94. The number of likely N-dealkylation sites (tertiary alicyclic amines) is 1. The van der Waals surface area contributed by atoms with E-state index in [0.29, 0.717) is 11.6 Å². The van der Waals surface area contributed by atoms with Gasteiger partial charge in [-0.1, -0.05) is 17.9 Å². The van der Waals surface area contributed by atoms with Crippen molar-refractivity contribution in [2.24, 2.45) is 0 Å². The third kappa shape index (κ3) is 5.36. The third-order valence-electron chi connectivity index (χ3n) is 4.34. The molecule has 24 heavy (non-hydrogen) atoms. The van der Waals surface area contributed by atoms with Gasteiger partial charge in [0.05, 0.1) is 0 Å². The van der Waals surface area contributed by atoms with Gasteiger partial charge in [0.25, 0.3) is 5.91 Å². The predicted molar refractivity (Wildman–Crippen MR) is 96.8 cm³/mol. The molecule has 0 bridgehead atoms. The standard InChI is InChI=1S/C20H28N2O2/c1-20(2,24)12-10-16-7-5-8-17(15-16)19(23)22-13-6-9-18(11-14-22)21(3)4/h5,7-8,15,18,24H,6,9,11,13-14H2,1-4H3. The molecule has 1 amide bonds. The molecule has 1 fully saturated rings. The minimum atomic E-state index is -1.04. The maximum absolute atomic E-state index is 12.8. The van der Waals surface area contributed by atoms with E-state index in [-0.39, 0.29) is 5.91 Å². The Balaban J connectivity index is 2.10. The Morgan fingerprint density at radius 2 is 2.04 bits per heavy atom. The van der Waals surface area contributed by atoms with Crippen molar-refractivity contribution in [3.05, 3.63) is 35.4 Å². The first-order chi connectivity index (χ1) is 11.3. The van der Waals surface area contributed by atoms with Gasteiger partial charge in [-0.15, -0.1) is 0 Å². The summed E-state index contributed by atoms with van der Waals surface area (Å²) >= 11 is 0. The van der Waals surface area contributed by atoms with Crippen LogP contribution in [0.1, 0.15) is 49.0 Å². The molecule has 2 rings (SSSR count). The molecule has 0 saturated carbocycles. The lowest BCUT2D eigenvalue weighted by molar-refractivity contribution is 0.0758. The van der Waals surface area contributed by atoms with Crippen LogP contribution in [0.2, 0.25) is 0 Å². The van der Waals surface area contributed by atoms with Crippen molar-refractivity contribution in [2.45, 2.75) is 44.8 Å². The van der Waals surface area contributed by atoms with Crippen LogP contribution in [0, 0.1) is 11.8 Å². The van der Waals surface area contributed by atoms with Gasteiger partial charge in [0, 0.05) is 30.3 Å². The first-order valence-corrected chi connectivity index (χ1v) is 8.57. The molecule has 130 valence electrons. The Kier molecular flexibility index (Phi) is 6.04. The minimum Gasteiger partial charge on any atom is -0.378 e. The van der Waals surface area contributed by atoms with E-state index in [9.17, 15) is 9.90 Å². The molecule has 0 aromatic heterocycles. The minimum absolute atomic E-state index is 0.0707. The van der Waals surface area contributed by atoms with E-state index in [2.05, 4.69) is 30.8 Å². The molecule has 1 atom stereocenters. The van der Waals surface area contributed by atoms with E-state index in [1.54, 1.807) is 13.8 Å². The fraction of sp³-hybridized carbons (Fsp3) is 0.550. The summed E-state index contributed by atoms with van der Waals surface area (Å²) in [6, 6.07) is 7.91. The van der Waals surface area contributed by atoms with Gasteiger partial charge in [-0.3, -0.25) is 4.79 Å². The fourth-order valence-electron chi connectivity index (χ4n) is 2.94. The number of benzene rings is 1. The summed E-state index contributed by atoms with van der Waals surface area (Å²) in [6.45, 7) is 4.89. The molecule has 0 spiro atoms. The van der Waals surface area contributed by atoms with E-state index in [1.807, 2.05) is 29.2 Å². The molecule has 1 saturated heterocycles. The van der Waals surface area contributed by atoms with E-state index < -0.39 is 5.60 Å². The van der Waals surface area contributed by atoms with Crippen LogP contribution >= 0.6 is 0 Å². The number of hydrogen-bond acceptors (Lipinski definition) is 3. The first-order valence-electron chi connectivity index (χ1n) is 8.57. The second-order valence-electron chi connectivity index (χ2n) is 7.23. The number of carbonyl (C=O) groups is 1. The summed E-state index contributed by atoms with van der Waals surface area (Å²) in [6.07, 6.45) is 3.18. The zero-order valence-corrected chi connectivity index (χ0v) is 15.2. The molecule has 1 N–H and O–H groups in total. The molecule has 1 heterocycles. The van der Waals surface area contributed by atoms with Gasteiger partial charge >= 0.3 is 0 Å². The Bertz CT molecular complexity index is 635. The van der Waals surface area contributed by atoms with Gasteiger partial charge in [-0.25, -0.2) is 0 Å². The lowest BCUT2D eigenvalue weighted by Crippen LogP contribution is -2.33. The van der Waals surface area contributed by atoms with E-state index in [0.717, 1.165) is 37.9 Å². The number of amides is 1. The number of nitrogens with zero attached hydrogens (tertiary/aromatic N) is 2. The summed E-state index contributed by atoms with van der Waals surface area (Å²) in [7, 11) is 4.21. The molecular formula is C20H28N2O2. The van der Waals surface area contributed by atoms with Gasteiger partial charge in [-0.2, -0.15) is 0 Å². The first kappa shape index (κ1) is 18.5. The van der Waals surface area contributed by atoms with Crippen LogP contribution in [0.4, 0.5) is 0 Å². The van der Waals surface area contributed by atoms with Gasteiger partial charge in [0.15, 0.2) is 0 Å². The predicted octanol–water partition coefficient (Wildman–Crippen LogP) is 2.37. The van der Waals surface area contributed by atoms with Crippen molar-refractivity contribution < 1.29 is 9.90 Å². The summed E-state index contributed by atoms with van der Waals surface area (Å²) in [5.41, 5.74) is 0.385. The normalized spacial score (nSPS) is 18.8. The van der Waals surface area contributed by atoms with Gasteiger partial charge in [0.1, 0.15) is 5.60 Å². The molecule has 1 aromatic rings.